The zero-order chi connectivity index (χ0) is 11.5. The third-order valence-electron chi connectivity index (χ3n) is 1.91. The highest BCUT2D eigenvalue weighted by Crippen LogP contribution is 2.21. The molecule has 0 saturated carbocycles. The Kier molecular flexibility index (Phi) is 3.63. The number of rotatable bonds is 3. The molecule has 84 valence electrons. The third kappa shape index (κ3) is 2.84. The van der Waals surface area contributed by atoms with Crippen molar-refractivity contribution in [1.29, 1.82) is 0 Å². The van der Waals surface area contributed by atoms with E-state index < -0.39 is 5.82 Å². The van der Waals surface area contributed by atoms with Gasteiger partial charge >= 0.3 is 0 Å². The molecule has 1 aromatic carbocycles. The highest BCUT2D eigenvalue weighted by molar-refractivity contribution is 7.15. The van der Waals surface area contributed by atoms with Crippen LogP contribution in [0.25, 0.3) is 0 Å². The number of nitrogens with zero attached hydrogens (tertiary/aromatic N) is 1. The van der Waals surface area contributed by atoms with Crippen LogP contribution in [0.2, 0.25) is 9.49 Å². The quantitative estimate of drug-likeness (QED) is 0.909. The van der Waals surface area contributed by atoms with Gasteiger partial charge in [-0.25, -0.2) is 9.37 Å². The van der Waals surface area contributed by atoms with Crippen LogP contribution in [0.1, 0.15) is 4.88 Å². The minimum Gasteiger partial charge on any atom is -0.380 e. The minimum absolute atomic E-state index is 0.117. The van der Waals surface area contributed by atoms with Gasteiger partial charge in [0.1, 0.15) is 5.82 Å². The zero-order valence-electron chi connectivity index (χ0n) is 8.01. The molecule has 0 atom stereocenters. The molecule has 0 amide bonds. The minimum atomic E-state index is -0.436. The van der Waals surface area contributed by atoms with Gasteiger partial charge in [0.25, 0.3) is 0 Å². The molecule has 0 fully saturated rings. The normalized spacial score (nSPS) is 10.4. The molecule has 0 bridgehead atoms. The average Bonchev–Trinajstić information content (AvgIpc) is 2.66. The van der Waals surface area contributed by atoms with E-state index in [2.05, 4.69) is 10.3 Å². The smallest absolute Gasteiger partial charge is 0.183 e. The van der Waals surface area contributed by atoms with Crippen LogP contribution < -0.4 is 5.32 Å². The Hall–Kier alpha value is -0.840. The number of thiazole rings is 1. The van der Waals surface area contributed by atoms with Crippen molar-refractivity contribution in [2.24, 2.45) is 0 Å². The van der Waals surface area contributed by atoms with Crippen molar-refractivity contribution < 1.29 is 4.39 Å². The first kappa shape index (κ1) is 11.6. The van der Waals surface area contributed by atoms with Gasteiger partial charge in [0.15, 0.2) is 4.47 Å². The Morgan fingerprint density at radius 1 is 1.38 bits per heavy atom. The van der Waals surface area contributed by atoms with Crippen LogP contribution in [0.15, 0.2) is 24.4 Å². The van der Waals surface area contributed by atoms with Crippen LogP contribution >= 0.6 is 34.5 Å². The Balaban J connectivity index is 2.02. The second kappa shape index (κ2) is 4.99. The molecule has 2 rings (SSSR count). The molecule has 1 heterocycles. The summed E-state index contributed by atoms with van der Waals surface area (Å²) in [5, 5.41) is 3.17. The maximum atomic E-state index is 13.1. The number of hydrogen-bond acceptors (Lipinski definition) is 3. The van der Waals surface area contributed by atoms with Crippen molar-refractivity contribution in [3.8, 4) is 0 Å². The Bertz CT molecular complexity index is 501. The molecular formula is C10H7Cl2FN2S. The third-order valence-corrected chi connectivity index (χ3v) is 3.33. The molecule has 2 aromatic rings. The molecule has 2 nitrogen and oxygen atoms in total. The fourth-order valence-corrected chi connectivity index (χ4v) is 2.20. The Morgan fingerprint density at radius 3 is 2.81 bits per heavy atom. The van der Waals surface area contributed by atoms with Crippen molar-refractivity contribution in [3.63, 3.8) is 0 Å². The summed E-state index contributed by atoms with van der Waals surface area (Å²) in [5.74, 6) is -0.436. The lowest BCUT2D eigenvalue weighted by molar-refractivity contribution is 0.628. The summed E-state index contributed by atoms with van der Waals surface area (Å²) in [5.41, 5.74) is 0.673. The van der Waals surface area contributed by atoms with Crippen molar-refractivity contribution in [2.45, 2.75) is 6.54 Å². The lowest BCUT2D eigenvalue weighted by atomic mass is 10.3. The topological polar surface area (TPSA) is 24.9 Å². The number of nitrogens with one attached hydrogen (secondary N) is 1. The number of aromatic nitrogens is 1. The molecule has 0 aliphatic heterocycles. The summed E-state index contributed by atoms with van der Waals surface area (Å²) in [4.78, 5) is 4.90. The summed E-state index contributed by atoms with van der Waals surface area (Å²) in [6, 6.07) is 4.58. The first-order valence-electron chi connectivity index (χ1n) is 4.44. The Morgan fingerprint density at radius 2 is 2.19 bits per heavy atom. The molecule has 0 unspecified atom stereocenters. The van der Waals surface area contributed by atoms with E-state index in [1.54, 1.807) is 12.3 Å². The highest BCUT2D eigenvalue weighted by Gasteiger charge is 2.02. The van der Waals surface area contributed by atoms with Crippen molar-refractivity contribution in [3.05, 3.63) is 44.6 Å². The van der Waals surface area contributed by atoms with Crippen LogP contribution in [0.3, 0.4) is 0 Å². The van der Waals surface area contributed by atoms with E-state index in [0.29, 0.717) is 16.7 Å². The highest BCUT2D eigenvalue weighted by atomic mass is 35.5. The summed E-state index contributed by atoms with van der Waals surface area (Å²) >= 11 is 12.6. The molecule has 1 N–H and O–H groups in total. The SMILES string of the molecule is Fc1cc(NCc2cnc(Cl)s2)ccc1Cl. The number of benzene rings is 1. The van der Waals surface area contributed by atoms with E-state index in [-0.39, 0.29) is 5.02 Å². The van der Waals surface area contributed by atoms with Crippen molar-refractivity contribution >= 4 is 40.2 Å². The molecule has 0 spiro atoms. The predicted molar refractivity (Wildman–Crippen MR) is 65.9 cm³/mol. The molecule has 1 aromatic heterocycles. The molecule has 0 saturated heterocycles. The summed E-state index contributed by atoms with van der Waals surface area (Å²) in [6.45, 7) is 0.561. The number of halogens is 3. The Labute approximate surface area is 106 Å². The van der Waals surface area contributed by atoms with E-state index in [1.807, 2.05) is 0 Å². The van der Waals surface area contributed by atoms with E-state index in [0.717, 1.165) is 4.88 Å². The van der Waals surface area contributed by atoms with Crippen LogP contribution in [0.4, 0.5) is 10.1 Å². The van der Waals surface area contributed by atoms with Gasteiger partial charge < -0.3 is 5.32 Å². The predicted octanol–water partition coefficient (Wildman–Crippen LogP) is 4.20. The molecule has 6 heteroatoms. The van der Waals surface area contributed by atoms with Gasteiger partial charge in [-0.15, -0.1) is 11.3 Å². The average molecular weight is 277 g/mol. The summed E-state index contributed by atoms with van der Waals surface area (Å²) in [7, 11) is 0. The number of hydrogen-bond donors (Lipinski definition) is 1. The monoisotopic (exact) mass is 276 g/mol. The van der Waals surface area contributed by atoms with Gasteiger partial charge in [-0.05, 0) is 18.2 Å². The number of anilines is 1. The lowest BCUT2D eigenvalue weighted by Gasteiger charge is -2.04. The molecule has 16 heavy (non-hydrogen) atoms. The van der Waals surface area contributed by atoms with Crippen LogP contribution in [0.5, 0.6) is 0 Å². The standard InChI is InChI=1S/C10H7Cl2FN2S/c11-8-2-1-6(3-9(8)13)14-4-7-5-15-10(12)16-7/h1-3,5,14H,4H2. The van der Waals surface area contributed by atoms with Gasteiger partial charge in [0, 0.05) is 16.8 Å². The second-order valence-electron chi connectivity index (χ2n) is 3.06. The van der Waals surface area contributed by atoms with Gasteiger partial charge in [0.05, 0.1) is 11.6 Å². The van der Waals surface area contributed by atoms with Gasteiger partial charge in [0.2, 0.25) is 0 Å². The maximum absolute atomic E-state index is 13.1. The molecule has 0 aliphatic rings. The zero-order valence-corrected chi connectivity index (χ0v) is 10.3. The van der Waals surface area contributed by atoms with Gasteiger partial charge in [-0.1, -0.05) is 23.2 Å². The second-order valence-corrected chi connectivity index (χ2v) is 5.17. The van der Waals surface area contributed by atoms with Crippen molar-refractivity contribution in [2.75, 3.05) is 5.32 Å². The van der Waals surface area contributed by atoms with E-state index in [4.69, 9.17) is 23.2 Å². The lowest BCUT2D eigenvalue weighted by Crippen LogP contribution is -1.97. The van der Waals surface area contributed by atoms with Gasteiger partial charge in [-0.3, -0.25) is 0 Å². The van der Waals surface area contributed by atoms with E-state index in [9.17, 15) is 4.39 Å². The molecule has 0 aliphatic carbocycles. The van der Waals surface area contributed by atoms with Crippen LogP contribution in [-0.2, 0) is 6.54 Å². The van der Waals surface area contributed by atoms with E-state index >= 15 is 0 Å². The van der Waals surface area contributed by atoms with Crippen LogP contribution in [-0.4, -0.2) is 4.98 Å². The van der Waals surface area contributed by atoms with Crippen molar-refractivity contribution in [1.82, 2.24) is 4.98 Å². The molecular weight excluding hydrogens is 270 g/mol. The fraction of sp³-hybridized carbons (Fsp3) is 0.100. The first-order valence-corrected chi connectivity index (χ1v) is 6.01. The van der Waals surface area contributed by atoms with E-state index in [1.165, 1.54) is 23.5 Å². The van der Waals surface area contributed by atoms with Crippen LogP contribution in [0, 0.1) is 5.82 Å². The summed E-state index contributed by atoms with van der Waals surface area (Å²) in [6.07, 6.45) is 1.69. The van der Waals surface area contributed by atoms with Gasteiger partial charge in [-0.2, -0.15) is 0 Å². The first-order chi connectivity index (χ1) is 7.65. The molecule has 0 radical (unpaired) electrons. The fourth-order valence-electron chi connectivity index (χ4n) is 1.16. The maximum Gasteiger partial charge on any atom is 0.183 e. The summed E-state index contributed by atoms with van der Waals surface area (Å²) < 4.78 is 13.6. The largest absolute Gasteiger partial charge is 0.380 e.